The van der Waals surface area contributed by atoms with Gasteiger partial charge in [0.25, 0.3) is 0 Å². The summed E-state index contributed by atoms with van der Waals surface area (Å²) in [5.41, 5.74) is 0. The Bertz CT molecular complexity index is 1070. The Hall–Kier alpha value is -2.46. The lowest BCUT2D eigenvalue weighted by Crippen LogP contribution is -2.48. The molecular formula is C15H11BrN3O5S-. The first-order valence-corrected chi connectivity index (χ1v) is 9.16. The molecule has 3 rings (SSSR count). The van der Waals surface area contributed by atoms with Gasteiger partial charge in [0.1, 0.15) is 16.7 Å². The van der Waals surface area contributed by atoms with E-state index in [9.17, 15) is 18.3 Å². The van der Waals surface area contributed by atoms with E-state index in [0.29, 0.717) is 10.7 Å². The van der Waals surface area contributed by atoms with Crippen LogP contribution in [0.25, 0.3) is 0 Å². The second-order valence-corrected chi connectivity index (χ2v) is 7.76. The summed E-state index contributed by atoms with van der Waals surface area (Å²) in [4.78, 5) is 18.9. The molecule has 2 aromatic rings. The molecule has 0 bridgehead atoms. The van der Waals surface area contributed by atoms with Gasteiger partial charge in [-0.3, -0.25) is 0 Å². The lowest BCUT2D eigenvalue weighted by molar-refractivity contribution is -0.252. The van der Waals surface area contributed by atoms with E-state index in [-0.39, 0.29) is 10.6 Å². The van der Waals surface area contributed by atoms with Crippen molar-refractivity contribution in [1.29, 1.82) is 0 Å². The van der Waals surface area contributed by atoms with Crippen LogP contribution < -0.4 is 25.3 Å². The minimum absolute atomic E-state index is 0.00119. The van der Waals surface area contributed by atoms with Gasteiger partial charge in [-0.2, -0.15) is 8.42 Å². The maximum absolute atomic E-state index is 12.3. The summed E-state index contributed by atoms with van der Waals surface area (Å²) >= 11 is 3.23. The van der Waals surface area contributed by atoms with Crippen LogP contribution in [-0.2, 0) is 10.1 Å². The molecule has 1 heterocycles. The number of carbonyl (C=O) groups excluding carboxylic acids is 1. The predicted octanol–water partition coefficient (Wildman–Crippen LogP) is 0.0762. The van der Waals surface area contributed by atoms with Gasteiger partial charge in [0.05, 0.1) is 10.7 Å². The number of amides is 1. The highest BCUT2D eigenvalue weighted by Crippen LogP contribution is 2.19. The summed E-state index contributed by atoms with van der Waals surface area (Å²) < 4.78 is 30.4. The topological polar surface area (TPSA) is 120 Å². The fourth-order valence-corrected chi connectivity index (χ4v) is 3.45. The van der Waals surface area contributed by atoms with Crippen molar-refractivity contribution in [3.05, 3.63) is 57.7 Å². The molecule has 1 amide bonds. The van der Waals surface area contributed by atoms with Crippen molar-refractivity contribution in [2.24, 2.45) is 9.98 Å². The number of hydrogen-bond acceptors (Lipinski definition) is 7. The third-order valence-electron chi connectivity index (χ3n) is 3.27. The normalized spacial score (nSPS) is 18.6. The quantitative estimate of drug-likeness (QED) is 0.696. The van der Waals surface area contributed by atoms with E-state index in [4.69, 9.17) is 4.18 Å². The van der Waals surface area contributed by atoms with Gasteiger partial charge in [-0.1, -0.05) is 15.9 Å². The Kier molecular flexibility index (Phi) is 4.25. The predicted molar refractivity (Wildman–Crippen MR) is 87.6 cm³/mol. The summed E-state index contributed by atoms with van der Waals surface area (Å²) in [6, 6.07) is 10.3. The average molecular weight is 425 g/mol. The minimum atomic E-state index is -4.01. The number of fused-ring (bicyclic) bond motifs is 1. The first-order valence-electron chi connectivity index (χ1n) is 6.96. The van der Waals surface area contributed by atoms with Gasteiger partial charge in [-0.15, -0.1) is 0 Å². The van der Waals surface area contributed by atoms with Crippen molar-refractivity contribution in [3.8, 4) is 5.75 Å². The number of halogens is 1. The second-order valence-electron chi connectivity index (χ2n) is 5.30. The van der Waals surface area contributed by atoms with E-state index in [0.717, 1.165) is 4.47 Å². The lowest BCUT2D eigenvalue weighted by Gasteiger charge is -2.20. The monoisotopic (exact) mass is 424 g/mol. The molecule has 0 spiro atoms. The number of hydrogen-bond donors (Lipinski definition) is 1. The van der Waals surface area contributed by atoms with Crippen LogP contribution in [0.3, 0.4) is 0 Å². The Labute approximate surface area is 151 Å². The van der Waals surface area contributed by atoms with E-state index in [1.165, 1.54) is 37.3 Å². The summed E-state index contributed by atoms with van der Waals surface area (Å²) in [6.45, 7) is 1.45. The smallest absolute Gasteiger partial charge is 0.339 e. The molecule has 8 nitrogen and oxygen atoms in total. The number of carbonyl (C=O) groups is 1. The molecule has 0 aromatic heterocycles. The fourth-order valence-electron chi connectivity index (χ4n) is 2.26. The minimum Gasteiger partial charge on any atom is -0.530 e. The van der Waals surface area contributed by atoms with Crippen molar-refractivity contribution in [2.75, 3.05) is 0 Å². The Morgan fingerprint density at radius 2 is 1.80 bits per heavy atom. The van der Waals surface area contributed by atoms with Crippen molar-refractivity contribution in [3.63, 3.8) is 0 Å². The van der Waals surface area contributed by atoms with E-state index in [2.05, 4.69) is 31.2 Å². The van der Waals surface area contributed by atoms with Crippen LogP contribution >= 0.6 is 15.9 Å². The number of nitrogens with one attached hydrogen (secondary N) is 1. The third-order valence-corrected chi connectivity index (χ3v) is 5.06. The molecule has 1 N–H and O–H groups in total. The molecule has 1 aliphatic rings. The summed E-state index contributed by atoms with van der Waals surface area (Å²) in [7, 11) is -4.01. The van der Waals surface area contributed by atoms with Gasteiger partial charge in [-0.25, -0.2) is 9.98 Å². The number of carboxylic acid groups (broad SMARTS) is 1. The molecule has 1 atom stereocenters. The van der Waals surface area contributed by atoms with Crippen LogP contribution in [0.4, 0.5) is 4.79 Å². The highest BCUT2D eigenvalue weighted by Gasteiger charge is 2.25. The summed E-state index contributed by atoms with van der Waals surface area (Å²) in [5, 5.41) is 13.5. The largest absolute Gasteiger partial charge is 0.530 e. The van der Waals surface area contributed by atoms with Gasteiger partial charge < -0.3 is 19.4 Å². The van der Waals surface area contributed by atoms with Crippen molar-refractivity contribution in [2.45, 2.75) is 17.6 Å². The van der Waals surface area contributed by atoms with Crippen molar-refractivity contribution < 1.29 is 22.5 Å². The van der Waals surface area contributed by atoms with E-state index >= 15 is 0 Å². The molecule has 10 heteroatoms. The van der Waals surface area contributed by atoms with Crippen LogP contribution in [0.1, 0.15) is 6.92 Å². The lowest BCUT2D eigenvalue weighted by atomic mass is 10.3. The zero-order valence-electron chi connectivity index (χ0n) is 12.8. The van der Waals surface area contributed by atoms with E-state index < -0.39 is 22.0 Å². The Morgan fingerprint density at radius 1 is 1.16 bits per heavy atom. The summed E-state index contributed by atoms with van der Waals surface area (Å²) in [6.07, 6.45) is -1.52. The SMILES string of the molecule is CC1(NC(=O)[O-])N=c2ccc(OS(=O)(=O)c3ccc(Br)cc3)cc2=N1. The first kappa shape index (κ1) is 17.4. The molecule has 0 saturated heterocycles. The van der Waals surface area contributed by atoms with Crippen molar-refractivity contribution >= 4 is 32.1 Å². The van der Waals surface area contributed by atoms with Crippen LogP contribution in [0.5, 0.6) is 5.75 Å². The Balaban J connectivity index is 1.92. The second kappa shape index (κ2) is 6.12. The maximum atomic E-state index is 12.3. The molecule has 1 unspecified atom stereocenters. The third kappa shape index (κ3) is 3.80. The van der Waals surface area contributed by atoms with Gasteiger partial charge in [-0.05, 0) is 36.4 Å². The number of nitrogens with zero attached hydrogens (tertiary/aromatic N) is 2. The van der Waals surface area contributed by atoms with Gasteiger partial charge in [0, 0.05) is 17.5 Å². The first-order chi connectivity index (χ1) is 11.7. The molecule has 0 radical (unpaired) electrons. The molecule has 0 saturated carbocycles. The molecule has 130 valence electrons. The molecule has 2 aromatic carbocycles. The standard InChI is InChI=1S/C15H12BrN3O5S/c1-15(19-14(20)21)17-12-7-4-10(8-13(12)18-15)24-25(22,23)11-5-2-9(16)3-6-11/h2-8,19H,1H3,(H,20,21)/p-1. The fraction of sp³-hybridized carbons (Fsp3) is 0.133. The zero-order chi connectivity index (χ0) is 18.2. The molecule has 1 aliphatic heterocycles. The highest BCUT2D eigenvalue weighted by molar-refractivity contribution is 9.10. The van der Waals surface area contributed by atoms with Gasteiger partial charge >= 0.3 is 10.1 Å². The molecular weight excluding hydrogens is 414 g/mol. The number of benzene rings is 2. The number of rotatable bonds is 4. The molecule has 0 aliphatic carbocycles. The van der Waals surface area contributed by atoms with Crippen LogP contribution in [0.2, 0.25) is 0 Å². The summed E-state index contributed by atoms with van der Waals surface area (Å²) in [5.74, 6) is -1.37. The van der Waals surface area contributed by atoms with Gasteiger partial charge in [0.2, 0.25) is 5.79 Å². The highest BCUT2D eigenvalue weighted by atomic mass is 79.9. The maximum Gasteiger partial charge on any atom is 0.339 e. The van der Waals surface area contributed by atoms with Crippen molar-refractivity contribution in [1.82, 2.24) is 5.32 Å². The van der Waals surface area contributed by atoms with E-state index in [1.54, 1.807) is 12.1 Å². The molecule has 0 fully saturated rings. The zero-order valence-corrected chi connectivity index (χ0v) is 15.2. The van der Waals surface area contributed by atoms with Crippen LogP contribution in [0, 0.1) is 0 Å². The van der Waals surface area contributed by atoms with E-state index in [1.807, 2.05) is 0 Å². The molecule has 25 heavy (non-hydrogen) atoms. The Morgan fingerprint density at radius 3 is 2.44 bits per heavy atom. The van der Waals surface area contributed by atoms with Crippen LogP contribution in [0.15, 0.2) is 61.8 Å². The average Bonchev–Trinajstić information content (AvgIpc) is 2.81. The van der Waals surface area contributed by atoms with Crippen LogP contribution in [-0.4, -0.2) is 20.3 Å². The van der Waals surface area contributed by atoms with Gasteiger partial charge in [0.15, 0.2) is 0 Å².